The number of aryl methyl sites for hydroxylation is 1. The van der Waals surface area contributed by atoms with E-state index in [9.17, 15) is 0 Å². The zero-order valence-corrected chi connectivity index (χ0v) is 10.2. The van der Waals surface area contributed by atoms with Gasteiger partial charge in [0.05, 0.1) is 12.8 Å². The molecule has 0 unspecified atom stereocenters. The molecule has 0 spiro atoms. The van der Waals surface area contributed by atoms with Gasteiger partial charge in [-0.25, -0.2) is 0 Å². The second-order valence-corrected chi connectivity index (χ2v) is 3.73. The highest BCUT2D eigenvalue weighted by Gasteiger charge is 2.05. The zero-order chi connectivity index (χ0) is 12.3. The van der Waals surface area contributed by atoms with Crippen LogP contribution in [0.5, 0.6) is 5.75 Å². The lowest BCUT2D eigenvalue weighted by Crippen LogP contribution is -1.96. The quantitative estimate of drug-likeness (QED) is 0.878. The third kappa shape index (κ3) is 2.36. The summed E-state index contributed by atoms with van der Waals surface area (Å²) in [6.45, 7) is 2.03. The van der Waals surface area contributed by atoms with Gasteiger partial charge in [0.25, 0.3) is 0 Å². The van der Waals surface area contributed by atoms with Crippen molar-refractivity contribution in [3.05, 3.63) is 35.9 Å². The van der Waals surface area contributed by atoms with Crippen LogP contribution in [-0.4, -0.2) is 24.4 Å². The van der Waals surface area contributed by atoms with Crippen molar-refractivity contribution in [2.45, 2.75) is 6.92 Å². The topological polar surface area (TPSA) is 47.0 Å². The summed E-state index contributed by atoms with van der Waals surface area (Å²) in [4.78, 5) is 0. The molecular formula is C13H15N3O. The van der Waals surface area contributed by atoms with Crippen molar-refractivity contribution in [2.24, 2.45) is 0 Å². The minimum Gasteiger partial charge on any atom is -0.497 e. The van der Waals surface area contributed by atoms with Crippen molar-refractivity contribution < 1.29 is 4.74 Å². The third-order valence-corrected chi connectivity index (χ3v) is 2.63. The summed E-state index contributed by atoms with van der Waals surface area (Å²) >= 11 is 0. The van der Waals surface area contributed by atoms with Gasteiger partial charge in [-0.1, -0.05) is 0 Å². The molecular weight excluding hydrogens is 214 g/mol. The molecule has 4 nitrogen and oxygen atoms in total. The van der Waals surface area contributed by atoms with Gasteiger partial charge in [-0.15, -0.1) is 10.2 Å². The van der Waals surface area contributed by atoms with Gasteiger partial charge in [0, 0.05) is 12.6 Å². The Bertz CT molecular complexity index is 509. The van der Waals surface area contributed by atoms with E-state index in [-0.39, 0.29) is 0 Å². The van der Waals surface area contributed by atoms with Gasteiger partial charge in [0.1, 0.15) is 11.6 Å². The van der Waals surface area contributed by atoms with Crippen molar-refractivity contribution in [2.75, 3.05) is 19.5 Å². The van der Waals surface area contributed by atoms with E-state index >= 15 is 0 Å². The lowest BCUT2D eigenvalue weighted by atomic mass is 10.1. The summed E-state index contributed by atoms with van der Waals surface area (Å²) in [7, 11) is 3.48. The minimum absolute atomic E-state index is 0.764. The molecule has 1 N–H and O–H groups in total. The molecule has 0 amide bonds. The molecule has 2 rings (SSSR count). The van der Waals surface area contributed by atoms with E-state index in [0.717, 1.165) is 28.4 Å². The van der Waals surface area contributed by atoms with Crippen LogP contribution in [0.25, 0.3) is 11.3 Å². The Hall–Kier alpha value is -2.10. The number of anilines is 1. The van der Waals surface area contributed by atoms with Gasteiger partial charge < -0.3 is 10.1 Å². The van der Waals surface area contributed by atoms with Gasteiger partial charge in [0.15, 0.2) is 0 Å². The molecule has 0 atom stereocenters. The molecule has 4 heteroatoms. The molecule has 17 heavy (non-hydrogen) atoms. The van der Waals surface area contributed by atoms with Crippen LogP contribution in [0.3, 0.4) is 0 Å². The lowest BCUT2D eigenvalue weighted by molar-refractivity contribution is 0.414. The summed E-state index contributed by atoms with van der Waals surface area (Å²) in [6, 6.07) is 9.77. The highest BCUT2D eigenvalue weighted by atomic mass is 16.5. The van der Waals surface area contributed by atoms with Gasteiger partial charge in [-0.05, 0) is 42.8 Å². The number of methoxy groups -OCH3 is 1. The number of hydrogen-bond donors (Lipinski definition) is 1. The number of benzene rings is 1. The molecule has 0 bridgehead atoms. The number of aromatic nitrogens is 2. The van der Waals surface area contributed by atoms with Crippen molar-refractivity contribution in [3.63, 3.8) is 0 Å². The van der Waals surface area contributed by atoms with E-state index in [1.165, 1.54) is 0 Å². The highest BCUT2D eigenvalue weighted by Crippen LogP contribution is 2.25. The van der Waals surface area contributed by atoms with Gasteiger partial charge >= 0.3 is 0 Å². The van der Waals surface area contributed by atoms with Gasteiger partial charge in [-0.3, -0.25) is 0 Å². The molecule has 0 aliphatic rings. The van der Waals surface area contributed by atoms with E-state index in [4.69, 9.17) is 4.74 Å². The molecule has 1 aromatic heterocycles. The molecule has 1 heterocycles. The average Bonchev–Trinajstić information content (AvgIpc) is 2.39. The Morgan fingerprint density at radius 1 is 1.12 bits per heavy atom. The molecule has 0 saturated heterocycles. The van der Waals surface area contributed by atoms with E-state index in [0.29, 0.717) is 0 Å². The van der Waals surface area contributed by atoms with E-state index < -0.39 is 0 Å². The van der Waals surface area contributed by atoms with Crippen LogP contribution < -0.4 is 10.1 Å². The lowest BCUT2D eigenvalue weighted by Gasteiger charge is -2.07. The largest absolute Gasteiger partial charge is 0.497 e. The summed E-state index contributed by atoms with van der Waals surface area (Å²) in [5.41, 5.74) is 3.06. The van der Waals surface area contributed by atoms with Crippen molar-refractivity contribution in [1.82, 2.24) is 10.2 Å². The van der Waals surface area contributed by atoms with Crippen LogP contribution in [0.4, 0.5) is 5.82 Å². The normalized spacial score (nSPS) is 10.1. The molecule has 1 aromatic carbocycles. The third-order valence-electron chi connectivity index (χ3n) is 2.63. The Labute approximate surface area is 101 Å². The van der Waals surface area contributed by atoms with Crippen molar-refractivity contribution in [1.29, 1.82) is 0 Å². The SMILES string of the molecule is CNc1ccc(-c2ccc(OC)cc2C)nn1. The molecule has 0 saturated carbocycles. The van der Waals surface area contributed by atoms with Crippen LogP contribution in [0, 0.1) is 6.92 Å². The first-order valence-corrected chi connectivity index (χ1v) is 5.41. The Kier molecular flexibility index (Phi) is 3.23. The number of ether oxygens (including phenoxy) is 1. The molecule has 88 valence electrons. The smallest absolute Gasteiger partial charge is 0.148 e. The van der Waals surface area contributed by atoms with Crippen LogP contribution in [0.1, 0.15) is 5.56 Å². The predicted molar refractivity (Wildman–Crippen MR) is 68.3 cm³/mol. The maximum absolute atomic E-state index is 5.18. The van der Waals surface area contributed by atoms with E-state index in [1.807, 2.05) is 44.3 Å². The fourth-order valence-electron chi connectivity index (χ4n) is 1.66. The van der Waals surface area contributed by atoms with Crippen LogP contribution >= 0.6 is 0 Å². The van der Waals surface area contributed by atoms with Crippen molar-refractivity contribution >= 4 is 5.82 Å². The summed E-state index contributed by atoms with van der Waals surface area (Å²) in [6.07, 6.45) is 0. The molecule has 0 aliphatic heterocycles. The Morgan fingerprint density at radius 3 is 2.47 bits per heavy atom. The van der Waals surface area contributed by atoms with E-state index in [2.05, 4.69) is 15.5 Å². The maximum Gasteiger partial charge on any atom is 0.148 e. The Morgan fingerprint density at radius 2 is 1.94 bits per heavy atom. The molecule has 2 aromatic rings. The fraction of sp³-hybridized carbons (Fsp3) is 0.231. The van der Waals surface area contributed by atoms with Crippen molar-refractivity contribution in [3.8, 4) is 17.0 Å². The number of rotatable bonds is 3. The van der Waals surface area contributed by atoms with E-state index in [1.54, 1.807) is 7.11 Å². The highest BCUT2D eigenvalue weighted by molar-refractivity contribution is 5.64. The predicted octanol–water partition coefficient (Wildman–Crippen LogP) is 2.50. The average molecular weight is 229 g/mol. The monoisotopic (exact) mass is 229 g/mol. The molecule has 0 radical (unpaired) electrons. The van der Waals surface area contributed by atoms with Crippen LogP contribution in [0.2, 0.25) is 0 Å². The number of nitrogens with zero attached hydrogens (tertiary/aromatic N) is 2. The fourth-order valence-corrected chi connectivity index (χ4v) is 1.66. The Balaban J connectivity index is 2.38. The molecule has 0 aliphatic carbocycles. The summed E-state index contributed by atoms with van der Waals surface area (Å²) < 4.78 is 5.18. The number of nitrogens with one attached hydrogen (secondary N) is 1. The van der Waals surface area contributed by atoms with Gasteiger partial charge in [-0.2, -0.15) is 0 Å². The van der Waals surface area contributed by atoms with Crippen LogP contribution in [0.15, 0.2) is 30.3 Å². The maximum atomic E-state index is 5.18. The van der Waals surface area contributed by atoms with Gasteiger partial charge in [0.2, 0.25) is 0 Å². The first-order chi connectivity index (χ1) is 8.24. The second kappa shape index (κ2) is 4.82. The minimum atomic E-state index is 0.764. The number of hydrogen-bond acceptors (Lipinski definition) is 4. The summed E-state index contributed by atoms with van der Waals surface area (Å²) in [5, 5.41) is 11.2. The molecule has 0 fully saturated rings. The first kappa shape index (κ1) is 11.4. The summed E-state index contributed by atoms with van der Waals surface area (Å²) in [5.74, 6) is 1.62. The second-order valence-electron chi connectivity index (χ2n) is 3.73. The zero-order valence-electron chi connectivity index (χ0n) is 10.2. The standard InChI is InChI=1S/C13H15N3O/c1-9-8-10(17-3)4-5-11(9)12-6-7-13(14-2)16-15-12/h4-8H,1-3H3,(H,14,16). The van der Waals surface area contributed by atoms with Crippen LogP contribution in [-0.2, 0) is 0 Å². The first-order valence-electron chi connectivity index (χ1n) is 5.41.